The number of aliphatic hydroxyl groups excluding tert-OH is 2. The first-order valence-corrected chi connectivity index (χ1v) is 4.87. The van der Waals surface area contributed by atoms with Crippen LogP contribution in [0.25, 0.3) is 0 Å². The number of carboxylic acid groups (broad SMARTS) is 1. The van der Waals surface area contributed by atoms with Crippen LogP contribution < -0.4 is 0 Å². The van der Waals surface area contributed by atoms with Crippen LogP contribution >= 0.6 is 23.2 Å². The van der Waals surface area contributed by atoms with E-state index in [0.717, 1.165) is 12.1 Å². The molecule has 1 aromatic rings. The van der Waals surface area contributed by atoms with E-state index < -0.39 is 18.2 Å². The highest BCUT2D eigenvalue weighted by molar-refractivity contribution is 6.34. The van der Waals surface area contributed by atoms with Crippen molar-refractivity contribution in [3.05, 3.63) is 27.7 Å². The fourth-order valence-corrected chi connectivity index (χ4v) is 1.53. The van der Waals surface area contributed by atoms with Gasteiger partial charge in [-0.25, -0.2) is 4.79 Å². The third kappa shape index (κ3) is 2.56. The molecule has 2 unspecified atom stereocenters. The summed E-state index contributed by atoms with van der Waals surface area (Å²) in [4.78, 5) is 10.4. The summed E-state index contributed by atoms with van der Waals surface area (Å²) in [7, 11) is 0. The van der Waals surface area contributed by atoms with Crippen molar-refractivity contribution in [2.75, 3.05) is 0 Å². The van der Waals surface area contributed by atoms with Crippen molar-refractivity contribution in [2.45, 2.75) is 12.2 Å². The Labute approximate surface area is 100 Å². The molecule has 4 N–H and O–H groups in total. The van der Waals surface area contributed by atoms with Gasteiger partial charge in [-0.3, -0.25) is 0 Å². The van der Waals surface area contributed by atoms with Gasteiger partial charge >= 0.3 is 5.97 Å². The molecule has 0 bridgehead atoms. The number of aliphatic hydroxyl groups is 2. The fraction of sp³-hybridized carbons (Fsp3) is 0.222. The topological polar surface area (TPSA) is 98.0 Å². The van der Waals surface area contributed by atoms with Gasteiger partial charge in [-0.05, 0) is 6.07 Å². The number of hydrogen-bond acceptors (Lipinski definition) is 4. The van der Waals surface area contributed by atoms with Crippen molar-refractivity contribution in [3.63, 3.8) is 0 Å². The van der Waals surface area contributed by atoms with Gasteiger partial charge in [0, 0.05) is 11.6 Å². The number of rotatable bonds is 3. The molecule has 0 saturated heterocycles. The highest BCUT2D eigenvalue weighted by Gasteiger charge is 2.27. The lowest BCUT2D eigenvalue weighted by Crippen LogP contribution is -2.27. The van der Waals surface area contributed by atoms with Crippen molar-refractivity contribution in [1.29, 1.82) is 0 Å². The highest BCUT2D eigenvalue weighted by Crippen LogP contribution is 2.34. The van der Waals surface area contributed by atoms with E-state index in [1.807, 2.05) is 0 Å². The highest BCUT2D eigenvalue weighted by atomic mass is 35.5. The minimum Gasteiger partial charge on any atom is -0.506 e. The zero-order valence-corrected chi connectivity index (χ0v) is 9.27. The number of hydrogen-bond donors (Lipinski definition) is 4. The standard InChI is InChI=1S/C9H8Cl2O5/c10-4-2-6(12)5(11)1-3(4)7(13)8(14)9(15)16/h1-2,7-8,12-14H,(H,15,16). The molecular formula is C9H8Cl2O5. The van der Waals surface area contributed by atoms with E-state index in [-0.39, 0.29) is 21.4 Å². The van der Waals surface area contributed by atoms with Gasteiger partial charge in [0.1, 0.15) is 11.9 Å². The van der Waals surface area contributed by atoms with Gasteiger partial charge in [0.2, 0.25) is 0 Å². The molecule has 0 heterocycles. The Morgan fingerprint density at radius 1 is 1.19 bits per heavy atom. The molecule has 0 radical (unpaired) electrons. The van der Waals surface area contributed by atoms with Crippen molar-refractivity contribution >= 4 is 29.2 Å². The number of halogens is 2. The second kappa shape index (κ2) is 4.88. The molecule has 0 spiro atoms. The number of carbonyl (C=O) groups is 1. The van der Waals surface area contributed by atoms with E-state index in [2.05, 4.69) is 0 Å². The minimum absolute atomic E-state index is 0.0700. The summed E-state index contributed by atoms with van der Waals surface area (Å²) in [6, 6.07) is 2.15. The number of benzene rings is 1. The molecule has 1 rings (SSSR count). The van der Waals surface area contributed by atoms with Crippen LogP contribution in [-0.4, -0.2) is 32.5 Å². The van der Waals surface area contributed by atoms with E-state index in [4.69, 9.17) is 33.4 Å². The van der Waals surface area contributed by atoms with Crippen LogP contribution in [0.2, 0.25) is 10.0 Å². The molecule has 0 saturated carbocycles. The molecule has 5 nitrogen and oxygen atoms in total. The van der Waals surface area contributed by atoms with E-state index in [1.165, 1.54) is 0 Å². The lowest BCUT2D eigenvalue weighted by molar-refractivity contribution is -0.153. The Kier molecular flexibility index (Phi) is 3.98. The van der Waals surface area contributed by atoms with Gasteiger partial charge in [-0.2, -0.15) is 0 Å². The predicted molar refractivity (Wildman–Crippen MR) is 56.7 cm³/mol. The summed E-state index contributed by atoms with van der Waals surface area (Å²) >= 11 is 11.2. The van der Waals surface area contributed by atoms with Gasteiger partial charge in [-0.15, -0.1) is 0 Å². The maximum absolute atomic E-state index is 10.4. The first-order valence-electron chi connectivity index (χ1n) is 4.11. The van der Waals surface area contributed by atoms with Crippen LogP contribution in [0.5, 0.6) is 5.75 Å². The zero-order valence-electron chi connectivity index (χ0n) is 7.76. The van der Waals surface area contributed by atoms with Crippen LogP contribution in [0.15, 0.2) is 12.1 Å². The van der Waals surface area contributed by atoms with Gasteiger partial charge in [0.05, 0.1) is 10.0 Å². The molecular weight excluding hydrogens is 259 g/mol. The normalized spacial score (nSPS) is 14.5. The van der Waals surface area contributed by atoms with Gasteiger partial charge in [0.15, 0.2) is 6.10 Å². The molecule has 0 aromatic heterocycles. The predicted octanol–water partition coefficient (Wildman–Crippen LogP) is 1.18. The van der Waals surface area contributed by atoms with Crippen molar-refractivity contribution in [2.24, 2.45) is 0 Å². The van der Waals surface area contributed by atoms with Crippen LogP contribution in [0.1, 0.15) is 11.7 Å². The third-order valence-electron chi connectivity index (χ3n) is 1.94. The largest absolute Gasteiger partial charge is 0.506 e. The summed E-state index contributed by atoms with van der Waals surface area (Å²) in [5.74, 6) is -1.89. The molecule has 0 aliphatic rings. The van der Waals surface area contributed by atoms with Gasteiger partial charge in [0.25, 0.3) is 0 Å². The van der Waals surface area contributed by atoms with Crippen LogP contribution in [-0.2, 0) is 4.79 Å². The summed E-state index contributed by atoms with van der Waals surface area (Å²) < 4.78 is 0. The first-order chi connectivity index (χ1) is 7.34. The Hall–Kier alpha value is -1.01. The lowest BCUT2D eigenvalue weighted by Gasteiger charge is -2.16. The maximum atomic E-state index is 10.4. The van der Waals surface area contributed by atoms with Crippen molar-refractivity contribution < 1.29 is 25.2 Å². The van der Waals surface area contributed by atoms with Crippen molar-refractivity contribution in [3.8, 4) is 5.75 Å². The molecule has 88 valence electrons. The Bertz CT molecular complexity index is 421. The van der Waals surface area contributed by atoms with E-state index in [9.17, 15) is 15.0 Å². The van der Waals surface area contributed by atoms with Gasteiger partial charge in [-0.1, -0.05) is 23.2 Å². The molecule has 0 aliphatic heterocycles. The monoisotopic (exact) mass is 266 g/mol. The molecule has 0 aliphatic carbocycles. The fourth-order valence-electron chi connectivity index (χ4n) is 1.08. The second-order valence-electron chi connectivity index (χ2n) is 3.05. The quantitative estimate of drug-likeness (QED) is 0.659. The second-order valence-corrected chi connectivity index (χ2v) is 3.87. The Balaban J connectivity index is 3.13. The maximum Gasteiger partial charge on any atom is 0.335 e. The van der Waals surface area contributed by atoms with E-state index >= 15 is 0 Å². The number of aliphatic carboxylic acids is 1. The average molecular weight is 267 g/mol. The summed E-state index contributed by atoms with van der Waals surface area (Å²) in [6.45, 7) is 0. The summed E-state index contributed by atoms with van der Waals surface area (Å²) in [5.41, 5.74) is -0.0700. The average Bonchev–Trinajstić information content (AvgIpc) is 2.21. The summed E-state index contributed by atoms with van der Waals surface area (Å²) in [5, 5.41) is 36.1. The van der Waals surface area contributed by atoms with E-state index in [1.54, 1.807) is 0 Å². The first kappa shape index (κ1) is 13.1. The van der Waals surface area contributed by atoms with Crippen LogP contribution in [0.4, 0.5) is 0 Å². The lowest BCUT2D eigenvalue weighted by atomic mass is 10.0. The number of aromatic hydroxyl groups is 1. The van der Waals surface area contributed by atoms with Crippen LogP contribution in [0, 0.1) is 0 Å². The molecule has 16 heavy (non-hydrogen) atoms. The van der Waals surface area contributed by atoms with E-state index in [0.29, 0.717) is 0 Å². The SMILES string of the molecule is O=C(O)C(O)C(O)c1cc(Cl)c(O)cc1Cl. The number of phenolic OH excluding ortho intramolecular Hbond substituents is 1. The number of phenols is 1. The minimum atomic E-state index is -2.02. The molecule has 1 aromatic carbocycles. The van der Waals surface area contributed by atoms with Crippen molar-refractivity contribution in [1.82, 2.24) is 0 Å². The smallest absolute Gasteiger partial charge is 0.335 e. The third-order valence-corrected chi connectivity index (χ3v) is 2.57. The van der Waals surface area contributed by atoms with Crippen LogP contribution in [0.3, 0.4) is 0 Å². The molecule has 0 fully saturated rings. The number of carboxylic acids is 1. The Morgan fingerprint density at radius 2 is 1.75 bits per heavy atom. The molecule has 2 atom stereocenters. The molecule has 0 amide bonds. The Morgan fingerprint density at radius 3 is 2.25 bits per heavy atom. The zero-order chi connectivity index (χ0) is 12.5. The van der Waals surface area contributed by atoms with Gasteiger partial charge < -0.3 is 20.4 Å². The summed E-state index contributed by atoms with van der Waals surface area (Å²) in [6.07, 6.45) is -3.73. The molecule has 7 heteroatoms.